The van der Waals surface area contributed by atoms with E-state index in [1.165, 1.54) is 64.6 Å². The molecule has 0 aliphatic rings. The van der Waals surface area contributed by atoms with Crippen molar-refractivity contribution in [1.82, 2.24) is 0 Å². The summed E-state index contributed by atoms with van der Waals surface area (Å²) < 4.78 is 0. The van der Waals surface area contributed by atoms with Gasteiger partial charge in [-0.2, -0.15) is 0 Å². The molecule has 0 aliphatic heterocycles. The van der Waals surface area contributed by atoms with Gasteiger partial charge < -0.3 is 30.6 Å². The fourth-order valence-corrected chi connectivity index (χ4v) is 7.15. The summed E-state index contributed by atoms with van der Waals surface area (Å²) in [4.78, 5) is 0. The van der Waals surface area contributed by atoms with Crippen LogP contribution in [0.2, 0.25) is 0 Å². The Kier molecular flexibility index (Phi) is 10.1. The maximum Gasteiger partial charge on any atom is 0.115 e. The number of phenolic OH excluding ortho intramolecular Hbond substituents is 3. The van der Waals surface area contributed by atoms with Crippen molar-refractivity contribution in [3.8, 4) is 17.2 Å². The molecule has 3 unspecified atom stereocenters. The van der Waals surface area contributed by atoms with Gasteiger partial charge in [0.2, 0.25) is 0 Å². The highest BCUT2D eigenvalue weighted by Gasteiger charge is 2.19. The zero-order valence-electron chi connectivity index (χ0n) is 30.3. The van der Waals surface area contributed by atoms with Gasteiger partial charge in [0.05, 0.1) is 18.3 Å². The summed E-state index contributed by atoms with van der Waals surface area (Å²) in [6.45, 7) is 5.06. The highest BCUT2D eigenvalue weighted by molar-refractivity contribution is 6.44. The zero-order valence-corrected chi connectivity index (χ0v) is 30.3. The second-order valence-corrected chi connectivity index (χ2v) is 13.8. The van der Waals surface area contributed by atoms with Gasteiger partial charge in [0.25, 0.3) is 0 Å². The van der Waals surface area contributed by atoms with Crippen molar-refractivity contribution >= 4 is 64.6 Å². The van der Waals surface area contributed by atoms with Gasteiger partial charge in [-0.3, -0.25) is 0 Å². The smallest absolute Gasteiger partial charge is 0.115 e. The van der Waals surface area contributed by atoms with Gasteiger partial charge in [-0.1, -0.05) is 109 Å². The third-order valence-corrected chi connectivity index (χ3v) is 10.0. The van der Waals surface area contributed by atoms with Gasteiger partial charge in [0.15, 0.2) is 0 Å². The maximum absolute atomic E-state index is 9.03. The van der Waals surface area contributed by atoms with Crippen molar-refractivity contribution in [2.75, 3.05) is 0 Å². The minimum absolute atomic E-state index is 0.226. The van der Waals surface area contributed by atoms with Crippen LogP contribution in [-0.2, 0) is 0 Å². The van der Waals surface area contributed by atoms with Crippen LogP contribution in [0.4, 0.5) is 0 Å². The van der Waals surface area contributed by atoms with E-state index in [9.17, 15) is 0 Å². The first-order valence-electron chi connectivity index (χ1n) is 18.0. The van der Waals surface area contributed by atoms with Gasteiger partial charge in [-0.05, 0) is 138 Å². The minimum Gasteiger partial charge on any atom is -0.508 e. The predicted molar refractivity (Wildman–Crippen MR) is 221 cm³/mol. The Morgan fingerprint density at radius 1 is 0.259 bits per heavy atom. The summed E-state index contributed by atoms with van der Waals surface area (Å²) in [6.07, 6.45) is -1.37. The van der Waals surface area contributed by atoms with Crippen molar-refractivity contribution in [1.29, 1.82) is 0 Å². The molecule has 10 rings (SSSR count). The molecule has 10 aromatic rings. The van der Waals surface area contributed by atoms with Crippen LogP contribution >= 0.6 is 0 Å². The number of hydrogen-bond acceptors (Lipinski definition) is 6. The van der Waals surface area contributed by atoms with Crippen LogP contribution in [0.5, 0.6) is 17.2 Å². The molecule has 0 aromatic heterocycles. The zero-order chi connectivity index (χ0) is 38.1. The van der Waals surface area contributed by atoms with E-state index in [4.69, 9.17) is 30.6 Å². The standard InChI is InChI=1S/C24H12.3C8H10O2/c1-2-14-5-6-16-9-11-18-12-10-17-8-7-15-4-3-13(1)19-20(14)22(16)24(18)23(17)21(15)19;3*1-6(9)7-2-4-8(10)5-3-7/h1-12H;3*2-6,9-10H,1H3. The lowest BCUT2D eigenvalue weighted by Gasteiger charge is -2.20. The molecule has 54 heavy (non-hydrogen) atoms. The van der Waals surface area contributed by atoms with Gasteiger partial charge in [-0.25, -0.2) is 0 Å². The summed E-state index contributed by atoms with van der Waals surface area (Å²) >= 11 is 0. The van der Waals surface area contributed by atoms with E-state index in [-0.39, 0.29) is 17.2 Å². The van der Waals surface area contributed by atoms with Crippen LogP contribution < -0.4 is 0 Å². The van der Waals surface area contributed by atoms with Crippen LogP contribution in [0.15, 0.2) is 146 Å². The van der Waals surface area contributed by atoms with E-state index in [1.54, 1.807) is 93.6 Å². The Morgan fingerprint density at radius 3 is 0.537 bits per heavy atom. The molecule has 0 heterocycles. The highest BCUT2D eigenvalue weighted by atomic mass is 16.3. The summed E-state index contributed by atoms with van der Waals surface area (Å²) in [5.74, 6) is 0.679. The molecule has 6 heteroatoms. The van der Waals surface area contributed by atoms with E-state index < -0.39 is 18.3 Å². The average Bonchev–Trinajstić information content (AvgIpc) is 3.18. The monoisotopic (exact) mass is 714 g/mol. The molecule has 0 saturated heterocycles. The third kappa shape index (κ3) is 7.10. The molecule has 0 fully saturated rings. The highest BCUT2D eigenvalue weighted by Crippen LogP contribution is 2.48. The Morgan fingerprint density at radius 2 is 0.407 bits per heavy atom. The Labute approximate surface area is 313 Å². The van der Waals surface area contributed by atoms with Crippen molar-refractivity contribution in [2.45, 2.75) is 39.1 Å². The topological polar surface area (TPSA) is 121 Å². The quantitative estimate of drug-likeness (QED) is 0.0800. The van der Waals surface area contributed by atoms with Crippen molar-refractivity contribution < 1.29 is 30.6 Å². The first-order valence-corrected chi connectivity index (χ1v) is 18.0. The number of benzene rings is 10. The second kappa shape index (κ2) is 15.0. The van der Waals surface area contributed by atoms with E-state index in [1.807, 2.05) is 0 Å². The number of phenols is 3. The van der Waals surface area contributed by atoms with Crippen LogP contribution in [0.1, 0.15) is 55.8 Å². The van der Waals surface area contributed by atoms with Crippen molar-refractivity contribution in [3.63, 3.8) is 0 Å². The molecule has 0 spiro atoms. The molecule has 6 N–H and O–H groups in total. The van der Waals surface area contributed by atoms with Gasteiger partial charge in [0.1, 0.15) is 17.2 Å². The second-order valence-electron chi connectivity index (χ2n) is 13.8. The lowest BCUT2D eigenvalue weighted by molar-refractivity contribution is 0.199. The molecule has 0 bridgehead atoms. The van der Waals surface area contributed by atoms with E-state index >= 15 is 0 Å². The lowest BCUT2D eigenvalue weighted by Crippen LogP contribution is -1.91. The third-order valence-electron chi connectivity index (χ3n) is 10.0. The fourth-order valence-electron chi connectivity index (χ4n) is 7.15. The number of aromatic hydroxyl groups is 3. The largest absolute Gasteiger partial charge is 0.508 e. The van der Waals surface area contributed by atoms with Crippen LogP contribution in [0.3, 0.4) is 0 Å². The van der Waals surface area contributed by atoms with Crippen molar-refractivity contribution in [3.05, 3.63) is 162 Å². The lowest BCUT2D eigenvalue weighted by atomic mass is 9.83. The van der Waals surface area contributed by atoms with E-state index in [0.717, 1.165) is 16.7 Å². The van der Waals surface area contributed by atoms with Crippen LogP contribution in [0, 0.1) is 0 Å². The average molecular weight is 715 g/mol. The molecule has 3 atom stereocenters. The Balaban J connectivity index is 0.000000126. The number of rotatable bonds is 3. The molecule has 0 radical (unpaired) electrons. The summed E-state index contributed by atoms with van der Waals surface area (Å²) in [5, 5.41) is 70.4. The molecule has 0 aliphatic carbocycles. The molecular formula is C48H42O6. The van der Waals surface area contributed by atoms with Gasteiger partial charge >= 0.3 is 0 Å². The molecule has 270 valence electrons. The SMILES string of the molecule is CC(O)c1ccc(O)cc1.CC(O)c1ccc(O)cc1.CC(O)c1ccc(O)cc1.c1cc2ccc3ccc4ccc5ccc6ccc1c1c2c3c4c5c61. The Hall–Kier alpha value is -6.18. The van der Waals surface area contributed by atoms with Crippen LogP contribution in [0.25, 0.3) is 64.6 Å². The van der Waals surface area contributed by atoms with Crippen LogP contribution in [-0.4, -0.2) is 30.6 Å². The van der Waals surface area contributed by atoms with Crippen molar-refractivity contribution in [2.24, 2.45) is 0 Å². The van der Waals surface area contributed by atoms with Gasteiger partial charge in [-0.15, -0.1) is 0 Å². The predicted octanol–water partition coefficient (Wildman–Crippen LogP) is 11.3. The fraction of sp³-hybridized carbons (Fsp3) is 0.125. The van der Waals surface area contributed by atoms with E-state index in [0.29, 0.717) is 0 Å². The number of hydrogen-bond donors (Lipinski definition) is 6. The molecule has 6 nitrogen and oxygen atoms in total. The summed E-state index contributed by atoms with van der Waals surface area (Å²) in [6, 6.07) is 46.8. The summed E-state index contributed by atoms with van der Waals surface area (Å²) in [5.41, 5.74) is 2.45. The molecule has 10 aromatic carbocycles. The molecule has 0 saturated carbocycles. The first kappa shape index (κ1) is 36.2. The summed E-state index contributed by atoms with van der Waals surface area (Å²) in [7, 11) is 0. The first-order chi connectivity index (χ1) is 26.0. The molecular weight excluding hydrogens is 673 g/mol. The van der Waals surface area contributed by atoms with E-state index in [2.05, 4.69) is 72.8 Å². The maximum atomic E-state index is 9.03. The molecule has 0 amide bonds. The van der Waals surface area contributed by atoms with Gasteiger partial charge in [0, 0.05) is 0 Å². The number of aliphatic hydroxyl groups excluding tert-OH is 3. The minimum atomic E-state index is -0.458. The Bertz CT molecular complexity index is 2240. The number of aliphatic hydroxyl groups is 3. The normalized spacial score (nSPS) is 13.0.